The monoisotopic (exact) mass is 293 g/mol. The number of benzene rings is 2. The Balaban J connectivity index is 1.94. The maximum Gasteiger partial charge on any atom is 0.262 e. The third-order valence-corrected chi connectivity index (χ3v) is 2.86. The molecular weight excluding hydrogens is 281 g/mol. The second-order valence-electron chi connectivity index (χ2n) is 4.23. The molecule has 0 spiro atoms. The van der Waals surface area contributed by atoms with Gasteiger partial charge in [-0.15, -0.1) is 0 Å². The number of nitrogens with one attached hydrogen (secondary N) is 1. The molecule has 0 aromatic heterocycles. The summed E-state index contributed by atoms with van der Waals surface area (Å²) in [6.45, 7) is 1.36. The number of aryl methyl sites for hydroxylation is 1. The van der Waals surface area contributed by atoms with Crippen molar-refractivity contribution < 1.29 is 13.9 Å². The second-order valence-corrected chi connectivity index (χ2v) is 4.67. The Morgan fingerprint density at radius 2 is 2.05 bits per heavy atom. The van der Waals surface area contributed by atoms with Crippen LogP contribution in [0.25, 0.3) is 0 Å². The van der Waals surface area contributed by atoms with E-state index >= 15 is 0 Å². The van der Waals surface area contributed by atoms with E-state index < -0.39 is 5.82 Å². The normalized spacial score (nSPS) is 10.2. The number of carbonyl (C=O) groups is 1. The molecule has 0 fully saturated rings. The van der Waals surface area contributed by atoms with Gasteiger partial charge in [-0.3, -0.25) is 4.79 Å². The fourth-order valence-electron chi connectivity index (χ4n) is 1.64. The van der Waals surface area contributed by atoms with Gasteiger partial charge in [-0.1, -0.05) is 29.8 Å². The quantitative estimate of drug-likeness (QED) is 0.931. The van der Waals surface area contributed by atoms with Crippen LogP contribution in [0.2, 0.25) is 5.02 Å². The zero-order chi connectivity index (χ0) is 14.5. The summed E-state index contributed by atoms with van der Waals surface area (Å²) in [4.78, 5) is 11.7. The number of anilines is 1. The van der Waals surface area contributed by atoms with Crippen LogP contribution in [0.15, 0.2) is 42.5 Å². The minimum Gasteiger partial charge on any atom is -0.481 e. The van der Waals surface area contributed by atoms with Crippen LogP contribution in [0.1, 0.15) is 5.56 Å². The number of ether oxygens (including phenoxy) is 1. The lowest BCUT2D eigenvalue weighted by Gasteiger charge is -2.09. The van der Waals surface area contributed by atoms with Crippen molar-refractivity contribution in [3.8, 4) is 5.75 Å². The molecule has 0 bridgehead atoms. The highest BCUT2D eigenvalue weighted by Gasteiger charge is 2.09. The van der Waals surface area contributed by atoms with Gasteiger partial charge >= 0.3 is 0 Å². The first-order valence-electron chi connectivity index (χ1n) is 5.99. The van der Waals surface area contributed by atoms with Crippen LogP contribution < -0.4 is 10.1 Å². The molecule has 5 heteroatoms. The number of halogens is 2. The van der Waals surface area contributed by atoms with Gasteiger partial charge in [0.2, 0.25) is 0 Å². The molecule has 0 saturated heterocycles. The Bertz CT molecular complexity index is 631. The average Bonchev–Trinajstić information content (AvgIpc) is 2.40. The van der Waals surface area contributed by atoms with Gasteiger partial charge in [0.05, 0.1) is 0 Å². The predicted molar refractivity (Wildman–Crippen MR) is 76.7 cm³/mol. The van der Waals surface area contributed by atoms with E-state index in [1.807, 2.05) is 0 Å². The molecule has 0 aliphatic rings. The molecule has 0 saturated carbocycles. The Morgan fingerprint density at radius 1 is 1.30 bits per heavy atom. The molecule has 0 unspecified atom stereocenters. The maximum absolute atomic E-state index is 13.7. The minimum absolute atomic E-state index is 0.0613. The molecule has 20 heavy (non-hydrogen) atoms. The average molecular weight is 294 g/mol. The van der Waals surface area contributed by atoms with Gasteiger partial charge in [-0.05, 0) is 36.8 Å². The highest BCUT2D eigenvalue weighted by atomic mass is 35.5. The largest absolute Gasteiger partial charge is 0.481 e. The third-order valence-electron chi connectivity index (χ3n) is 2.62. The van der Waals surface area contributed by atoms with Gasteiger partial charge < -0.3 is 10.1 Å². The highest BCUT2D eigenvalue weighted by Crippen LogP contribution is 2.19. The van der Waals surface area contributed by atoms with Crippen LogP contribution in [0.5, 0.6) is 5.75 Å². The van der Waals surface area contributed by atoms with Crippen molar-refractivity contribution >= 4 is 23.2 Å². The number of rotatable bonds is 4. The van der Waals surface area contributed by atoms with Crippen LogP contribution in [-0.2, 0) is 4.79 Å². The Hall–Kier alpha value is -2.07. The molecule has 0 atom stereocenters. The van der Waals surface area contributed by atoms with E-state index in [4.69, 9.17) is 16.3 Å². The van der Waals surface area contributed by atoms with Crippen molar-refractivity contribution in [1.82, 2.24) is 0 Å². The zero-order valence-corrected chi connectivity index (χ0v) is 11.6. The van der Waals surface area contributed by atoms with Crippen LogP contribution in [0.4, 0.5) is 10.1 Å². The molecular formula is C15H13ClFNO2. The van der Waals surface area contributed by atoms with E-state index in [0.29, 0.717) is 16.3 Å². The van der Waals surface area contributed by atoms with Crippen molar-refractivity contribution in [2.24, 2.45) is 0 Å². The number of carbonyl (C=O) groups excluding carboxylic acids is 1. The molecule has 0 aliphatic heterocycles. The van der Waals surface area contributed by atoms with Crippen LogP contribution in [0, 0.1) is 12.7 Å². The van der Waals surface area contributed by atoms with Crippen molar-refractivity contribution in [2.75, 3.05) is 11.9 Å². The van der Waals surface area contributed by atoms with E-state index in [0.717, 1.165) is 0 Å². The first kappa shape index (κ1) is 14.3. The Kier molecular flexibility index (Phi) is 4.58. The minimum atomic E-state index is -0.456. The summed E-state index contributed by atoms with van der Waals surface area (Å²) in [6.07, 6.45) is 0. The molecule has 0 aliphatic carbocycles. The summed E-state index contributed by atoms with van der Waals surface area (Å²) in [5.41, 5.74) is 1.04. The Morgan fingerprint density at radius 3 is 2.80 bits per heavy atom. The van der Waals surface area contributed by atoms with Gasteiger partial charge in [-0.25, -0.2) is 4.39 Å². The maximum atomic E-state index is 13.7. The van der Waals surface area contributed by atoms with Gasteiger partial charge in [0.25, 0.3) is 5.91 Å². The van der Waals surface area contributed by atoms with Gasteiger partial charge in [-0.2, -0.15) is 0 Å². The molecule has 0 heterocycles. The van der Waals surface area contributed by atoms with Crippen molar-refractivity contribution in [1.29, 1.82) is 0 Å². The lowest BCUT2D eigenvalue weighted by atomic mass is 10.2. The van der Waals surface area contributed by atoms with Crippen molar-refractivity contribution in [2.45, 2.75) is 6.92 Å². The van der Waals surface area contributed by atoms with Crippen LogP contribution >= 0.6 is 11.6 Å². The van der Waals surface area contributed by atoms with Gasteiger partial charge in [0, 0.05) is 10.7 Å². The summed E-state index contributed by atoms with van der Waals surface area (Å²) < 4.78 is 18.8. The number of hydrogen-bond acceptors (Lipinski definition) is 2. The summed E-state index contributed by atoms with van der Waals surface area (Å²) in [7, 11) is 0. The van der Waals surface area contributed by atoms with Crippen LogP contribution in [0.3, 0.4) is 0 Å². The van der Waals surface area contributed by atoms with E-state index in [2.05, 4.69) is 5.32 Å². The number of hydrogen-bond donors (Lipinski definition) is 1. The predicted octanol–water partition coefficient (Wildman–Crippen LogP) is 3.81. The third kappa shape index (κ3) is 3.71. The standard InChI is InChI=1S/C15H13ClFNO2/c1-10-4-2-7-13(15(10)17)20-9-14(19)18-12-6-3-5-11(16)8-12/h2-8H,9H2,1H3,(H,18,19). The molecule has 3 nitrogen and oxygen atoms in total. The summed E-state index contributed by atoms with van der Waals surface area (Å²) >= 11 is 5.81. The summed E-state index contributed by atoms with van der Waals surface area (Å²) in [5.74, 6) is -0.775. The SMILES string of the molecule is Cc1cccc(OCC(=O)Nc2cccc(Cl)c2)c1F. The smallest absolute Gasteiger partial charge is 0.262 e. The number of amides is 1. The lowest BCUT2D eigenvalue weighted by Crippen LogP contribution is -2.20. The molecule has 104 valence electrons. The zero-order valence-electron chi connectivity index (χ0n) is 10.8. The topological polar surface area (TPSA) is 38.3 Å². The molecule has 1 amide bonds. The van der Waals surface area contributed by atoms with E-state index in [1.165, 1.54) is 6.07 Å². The van der Waals surface area contributed by atoms with E-state index in [-0.39, 0.29) is 18.3 Å². The molecule has 2 aromatic rings. The van der Waals surface area contributed by atoms with Crippen LogP contribution in [-0.4, -0.2) is 12.5 Å². The van der Waals surface area contributed by atoms with Crippen molar-refractivity contribution in [3.05, 3.63) is 58.9 Å². The van der Waals surface area contributed by atoms with Gasteiger partial charge in [0.1, 0.15) is 0 Å². The highest BCUT2D eigenvalue weighted by molar-refractivity contribution is 6.30. The Labute approximate surface area is 121 Å². The molecule has 2 aromatic carbocycles. The summed E-state index contributed by atoms with van der Waals surface area (Å²) in [6, 6.07) is 11.5. The molecule has 1 N–H and O–H groups in total. The lowest BCUT2D eigenvalue weighted by molar-refractivity contribution is -0.118. The fourth-order valence-corrected chi connectivity index (χ4v) is 1.83. The fraction of sp³-hybridized carbons (Fsp3) is 0.133. The molecule has 2 rings (SSSR count). The van der Waals surface area contributed by atoms with Gasteiger partial charge in [0.15, 0.2) is 18.2 Å². The van der Waals surface area contributed by atoms with E-state index in [9.17, 15) is 9.18 Å². The first-order valence-corrected chi connectivity index (χ1v) is 6.37. The second kappa shape index (κ2) is 6.39. The van der Waals surface area contributed by atoms with E-state index in [1.54, 1.807) is 43.3 Å². The summed E-state index contributed by atoms with van der Waals surface area (Å²) in [5, 5.41) is 3.14. The van der Waals surface area contributed by atoms with Crippen molar-refractivity contribution in [3.63, 3.8) is 0 Å². The first-order chi connectivity index (χ1) is 9.56. The molecule has 0 radical (unpaired) electrons.